The van der Waals surface area contributed by atoms with E-state index in [1.807, 2.05) is 0 Å². The molecule has 0 saturated carbocycles. The van der Waals surface area contributed by atoms with Gasteiger partial charge in [-0.1, -0.05) is 41.4 Å². The predicted molar refractivity (Wildman–Crippen MR) is 122 cm³/mol. The average Bonchev–Trinajstić information content (AvgIpc) is 2.77. The third-order valence-corrected chi connectivity index (χ3v) is 5.66. The summed E-state index contributed by atoms with van der Waals surface area (Å²) < 4.78 is 15.0. The van der Waals surface area contributed by atoms with Gasteiger partial charge in [-0.05, 0) is 48.9 Å². The highest BCUT2D eigenvalue weighted by Crippen LogP contribution is 2.33. The van der Waals surface area contributed by atoms with Crippen molar-refractivity contribution in [2.45, 2.75) is 13.0 Å². The molecule has 0 spiro atoms. The molecule has 32 heavy (non-hydrogen) atoms. The second kappa shape index (κ2) is 8.61. The molecule has 1 amide bonds. The summed E-state index contributed by atoms with van der Waals surface area (Å²) >= 11 is 11.8. The Kier molecular flexibility index (Phi) is 5.86. The minimum absolute atomic E-state index is 0.0755. The predicted octanol–water partition coefficient (Wildman–Crippen LogP) is 5.41. The zero-order valence-corrected chi connectivity index (χ0v) is 18.2. The van der Waals surface area contributed by atoms with Crippen LogP contribution < -0.4 is 10.9 Å². The molecular formula is C23H16Cl2FN3O3. The Labute approximate surface area is 191 Å². The highest BCUT2D eigenvalue weighted by atomic mass is 35.5. The number of phenolic OH excluding ortho intramolecular Hbond substituents is 1. The average molecular weight is 472 g/mol. The van der Waals surface area contributed by atoms with E-state index in [9.17, 15) is 19.1 Å². The Morgan fingerprint density at radius 1 is 1.12 bits per heavy atom. The van der Waals surface area contributed by atoms with Crippen LogP contribution in [-0.2, 0) is 0 Å². The maximum Gasteiger partial charge on any atom is 0.263 e. The van der Waals surface area contributed by atoms with Crippen LogP contribution in [0, 0.1) is 5.82 Å². The molecule has 6 nitrogen and oxygen atoms in total. The molecule has 0 aliphatic heterocycles. The number of anilines is 1. The number of nitrogens with one attached hydrogen (secondary N) is 1. The number of rotatable bonds is 4. The highest BCUT2D eigenvalue weighted by Gasteiger charge is 2.18. The van der Waals surface area contributed by atoms with Crippen molar-refractivity contribution in [2.24, 2.45) is 0 Å². The molecule has 0 radical (unpaired) electrons. The van der Waals surface area contributed by atoms with E-state index in [4.69, 9.17) is 23.2 Å². The van der Waals surface area contributed by atoms with Crippen LogP contribution in [0.3, 0.4) is 0 Å². The monoisotopic (exact) mass is 471 g/mol. The molecule has 0 bridgehead atoms. The number of hydrogen-bond acceptors (Lipinski definition) is 4. The van der Waals surface area contributed by atoms with Gasteiger partial charge in [0.25, 0.3) is 11.5 Å². The van der Waals surface area contributed by atoms with Crippen LogP contribution in [0.1, 0.15) is 28.9 Å². The molecule has 2 N–H and O–H groups in total. The topological polar surface area (TPSA) is 84.2 Å². The zero-order valence-electron chi connectivity index (χ0n) is 16.6. The lowest BCUT2D eigenvalue weighted by molar-refractivity contribution is 0.102. The number of amides is 1. The molecule has 0 saturated heterocycles. The van der Waals surface area contributed by atoms with Gasteiger partial charge >= 0.3 is 0 Å². The van der Waals surface area contributed by atoms with Crippen molar-refractivity contribution >= 4 is 45.7 Å². The van der Waals surface area contributed by atoms with Gasteiger partial charge < -0.3 is 10.4 Å². The summed E-state index contributed by atoms with van der Waals surface area (Å²) in [7, 11) is 0. The Balaban J connectivity index is 1.77. The Bertz CT molecular complexity index is 1400. The van der Waals surface area contributed by atoms with Gasteiger partial charge in [0.1, 0.15) is 5.82 Å². The number of fused-ring (bicyclic) bond motifs is 1. The molecule has 4 aromatic rings. The maximum atomic E-state index is 13.7. The van der Waals surface area contributed by atoms with Gasteiger partial charge in [-0.25, -0.2) is 9.37 Å². The van der Waals surface area contributed by atoms with E-state index in [0.717, 1.165) is 0 Å². The van der Waals surface area contributed by atoms with Crippen LogP contribution in [0.5, 0.6) is 5.75 Å². The fraction of sp³-hybridized carbons (Fsp3) is 0.0870. The van der Waals surface area contributed by atoms with E-state index in [1.165, 1.54) is 35.2 Å². The number of benzene rings is 3. The molecule has 0 unspecified atom stereocenters. The molecule has 0 aliphatic carbocycles. The summed E-state index contributed by atoms with van der Waals surface area (Å²) in [6.07, 6.45) is 1.39. The van der Waals surface area contributed by atoms with E-state index < -0.39 is 23.3 Å². The normalized spacial score (nSPS) is 12.0. The molecule has 0 aliphatic rings. The van der Waals surface area contributed by atoms with Crippen molar-refractivity contribution in [3.63, 3.8) is 0 Å². The fourth-order valence-corrected chi connectivity index (χ4v) is 3.86. The van der Waals surface area contributed by atoms with E-state index in [1.54, 1.807) is 37.3 Å². The SMILES string of the molecule is C[C@H](c1cccc(F)c1)n1cnc2cccc(NC(=O)c3cc(Cl)c(O)c(Cl)c3)c2c1=O. The summed E-state index contributed by atoms with van der Waals surface area (Å²) in [6, 6.07) is 12.9. The van der Waals surface area contributed by atoms with Crippen LogP contribution in [0.4, 0.5) is 10.1 Å². The largest absolute Gasteiger partial charge is 0.505 e. The van der Waals surface area contributed by atoms with Crippen molar-refractivity contribution < 1.29 is 14.3 Å². The van der Waals surface area contributed by atoms with Crippen molar-refractivity contribution in [3.8, 4) is 5.75 Å². The number of aromatic hydroxyl groups is 1. The third kappa shape index (κ3) is 4.04. The van der Waals surface area contributed by atoms with Crippen molar-refractivity contribution in [1.82, 2.24) is 9.55 Å². The van der Waals surface area contributed by atoms with E-state index >= 15 is 0 Å². The highest BCUT2D eigenvalue weighted by molar-refractivity contribution is 6.37. The molecule has 3 aromatic carbocycles. The summed E-state index contributed by atoms with van der Waals surface area (Å²) in [4.78, 5) is 30.4. The first kappa shape index (κ1) is 21.8. The van der Waals surface area contributed by atoms with Crippen LogP contribution in [-0.4, -0.2) is 20.6 Å². The molecule has 1 aromatic heterocycles. The Hall–Kier alpha value is -3.42. The minimum atomic E-state index is -0.575. The number of nitrogens with zero attached hydrogens (tertiary/aromatic N) is 2. The smallest absolute Gasteiger partial charge is 0.263 e. The summed E-state index contributed by atoms with van der Waals surface area (Å²) in [5.74, 6) is -1.31. The number of carbonyl (C=O) groups excluding carboxylic acids is 1. The lowest BCUT2D eigenvalue weighted by atomic mass is 10.1. The van der Waals surface area contributed by atoms with E-state index in [2.05, 4.69) is 10.3 Å². The van der Waals surface area contributed by atoms with Gasteiger partial charge in [0.05, 0.1) is 39.0 Å². The van der Waals surface area contributed by atoms with E-state index in [-0.39, 0.29) is 32.4 Å². The number of halogens is 3. The lowest BCUT2D eigenvalue weighted by Crippen LogP contribution is -2.25. The molecule has 9 heteroatoms. The first-order valence-corrected chi connectivity index (χ1v) is 10.3. The van der Waals surface area contributed by atoms with Crippen LogP contribution in [0.25, 0.3) is 10.9 Å². The van der Waals surface area contributed by atoms with Gasteiger partial charge in [-0.2, -0.15) is 0 Å². The van der Waals surface area contributed by atoms with Crippen molar-refractivity contribution in [1.29, 1.82) is 0 Å². The van der Waals surface area contributed by atoms with Gasteiger partial charge in [-0.15, -0.1) is 0 Å². The van der Waals surface area contributed by atoms with Crippen LogP contribution in [0.2, 0.25) is 10.0 Å². The summed E-state index contributed by atoms with van der Waals surface area (Å²) in [5, 5.41) is 12.4. The van der Waals surface area contributed by atoms with Gasteiger partial charge in [0, 0.05) is 5.56 Å². The van der Waals surface area contributed by atoms with Gasteiger partial charge in [-0.3, -0.25) is 14.2 Å². The number of carbonyl (C=O) groups is 1. The van der Waals surface area contributed by atoms with Crippen molar-refractivity contribution in [3.05, 3.63) is 98.3 Å². The standard InChI is InChI=1S/C23H16Cl2FN3O3/c1-12(13-4-2-5-15(26)8-13)29-11-27-18-6-3-7-19(20(18)23(29)32)28-22(31)14-9-16(24)21(30)17(25)10-14/h2-12,30H,1H3,(H,28,31)/t12-/m1/s1. The number of phenols is 1. The molecule has 162 valence electrons. The fourth-order valence-electron chi connectivity index (χ4n) is 3.38. The van der Waals surface area contributed by atoms with Crippen LogP contribution >= 0.6 is 23.2 Å². The number of hydrogen-bond donors (Lipinski definition) is 2. The molecule has 1 heterocycles. The van der Waals surface area contributed by atoms with Gasteiger partial charge in [0.2, 0.25) is 0 Å². The second-order valence-corrected chi connectivity index (χ2v) is 7.94. The first-order chi connectivity index (χ1) is 15.3. The molecule has 0 fully saturated rings. The summed E-state index contributed by atoms with van der Waals surface area (Å²) in [5.41, 5.74) is 0.933. The zero-order chi connectivity index (χ0) is 23.0. The maximum absolute atomic E-state index is 13.7. The lowest BCUT2D eigenvalue weighted by Gasteiger charge is -2.17. The van der Waals surface area contributed by atoms with Gasteiger partial charge in [0.15, 0.2) is 5.75 Å². The second-order valence-electron chi connectivity index (χ2n) is 7.13. The van der Waals surface area contributed by atoms with Crippen LogP contribution in [0.15, 0.2) is 65.7 Å². The minimum Gasteiger partial charge on any atom is -0.505 e. The Morgan fingerprint density at radius 2 is 1.81 bits per heavy atom. The van der Waals surface area contributed by atoms with Crippen molar-refractivity contribution in [2.75, 3.05) is 5.32 Å². The number of aromatic nitrogens is 2. The van der Waals surface area contributed by atoms with E-state index in [0.29, 0.717) is 11.1 Å². The Morgan fingerprint density at radius 3 is 2.50 bits per heavy atom. The molecule has 4 rings (SSSR count). The molecular weight excluding hydrogens is 456 g/mol. The third-order valence-electron chi connectivity index (χ3n) is 5.09. The molecule has 1 atom stereocenters. The summed E-state index contributed by atoms with van der Waals surface area (Å²) in [6.45, 7) is 1.76. The first-order valence-electron chi connectivity index (χ1n) is 9.51. The quantitative estimate of drug-likeness (QED) is 0.416.